The molecule has 0 atom stereocenters. The maximum atomic E-state index is 4.91. The quantitative estimate of drug-likeness (QED) is 0.318. The summed E-state index contributed by atoms with van der Waals surface area (Å²) in [6.07, 6.45) is 5.50. The summed E-state index contributed by atoms with van der Waals surface area (Å²) in [4.78, 5) is 0. The molecule has 0 aliphatic heterocycles. The van der Waals surface area contributed by atoms with Crippen molar-refractivity contribution in [3.05, 3.63) is 0 Å². The molecular formula is C6H5I. The Kier molecular flexibility index (Phi) is 5.72. The smallest absolute Gasteiger partial charge is 0.0700 e. The zero-order chi connectivity index (χ0) is 5.54. The van der Waals surface area contributed by atoms with Gasteiger partial charge in [-0.1, -0.05) is 40.4 Å². The first-order valence-corrected chi connectivity index (χ1v) is 3.39. The van der Waals surface area contributed by atoms with Crippen LogP contribution in [0.25, 0.3) is 0 Å². The standard InChI is InChI=1S/C6H5I/c1-2-3-4-5-6-7/h1H,3,6H2. The first-order valence-electron chi connectivity index (χ1n) is 1.87. The molecule has 0 fully saturated rings. The van der Waals surface area contributed by atoms with E-state index in [0.717, 1.165) is 4.43 Å². The molecular weight excluding hydrogens is 199 g/mol. The monoisotopic (exact) mass is 204 g/mol. The van der Waals surface area contributed by atoms with Crippen molar-refractivity contribution in [1.29, 1.82) is 0 Å². The van der Waals surface area contributed by atoms with E-state index in [1.807, 2.05) is 0 Å². The molecule has 0 nitrogen and oxygen atoms in total. The van der Waals surface area contributed by atoms with Gasteiger partial charge in [-0.05, 0) is 0 Å². The molecule has 0 radical (unpaired) electrons. The fourth-order valence-corrected chi connectivity index (χ4v) is 0.430. The summed E-state index contributed by atoms with van der Waals surface area (Å²) >= 11 is 2.18. The maximum absolute atomic E-state index is 4.91. The predicted octanol–water partition coefficient (Wildman–Crippen LogP) is 1.45. The summed E-state index contributed by atoms with van der Waals surface area (Å²) in [6.45, 7) is 0. The second-order valence-corrected chi connectivity index (χ2v) is 1.63. The van der Waals surface area contributed by atoms with Crippen molar-refractivity contribution >= 4 is 22.6 Å². The molecule has 0 N–H and O–H groups in total. The van der Waals surface area contributed by atoms with Crippen LogP contribution in [0.1, 0.15) is 6.42 Å². The Hall–Kier alpha value is -0.150. The van der Waals surface area contributed by atoms with Gasteiger partial charge in [0.1, 0.15) is 0 Å². The van der Waals surface area contributed by atoms with E-state index in [-0.39, 0.29) is 0 Å². The summed E-state index contributed by atoms with van der Waals surface area (Å²) in [6, 6.07) is 0. The zero-order valence-corrected chi connectivity index (χ0v) is 6.03. The first-order chi connectivity index (χ1) is 3.41. The highest BCUT2D eigenvalue weighted by molar-refractivity contribution is 14.1. The van der Waals surface area contributed by atoms with Gasteiger partial charge in [-0.15, -0.1) is 6.42 Å². The number of halogens is 1. The summed E-state index contributed by atoms with van der Waals surface area (Å²) in [5.41, 5.74) is 0. The third-order valence-electron chi connectivity index (χ3n) is 0.382. The average Bonchev–Trinajstić information content (AvgIpc) is 1.69. The highest BCUT2D eigenvalue weighted by Crippen LogP contribution is 1.75. The Labute approximate surface area is 57.8 Å². The molecule has 36 valence electrons. The molecule has 0 saturated heterocycles. The zero-order valence-electron chi connectivity index (χ0n) is 3.87. The Balaban J connectivity index is 3.12. The molecule has 0 aromatic heterocycles. The molecule has 1 heteroatoms. The van der Waals surface area contributed by atoms with Gasteiger partial charge >= 0.3 is 0 Å². The van der Waals surface area contributed by atoms with Gasteiger partial charge in [-0.2, -0.15) is 0 Å². The van der Waals surface area contributed by atoms with Crippen LogP contribution < -0.4 is 0 Å². The molecule has 0 bridgehead atoms. The van der Waals surface area contributed by atoms with Gasteiger partial charge in [0.25, 0.3) is 0 Å². The molecule has 0 aromatic carbocycles. The van der Waals surface area contributed by atoms with Crippen molar-refractivity contribution in [2.24, 2.45) is 0 Å². The van der Waals surface area contributed by atoms with Gasteiger partial charge in [-0.25, -0.2) is 0 Å². The van der Waals surface area contributed by atoms with Crippen molar-refractivity contribution < 1.29 is 0 Å². The molecule has 0 unspecified atom stereocenters. The van der Waals surface area contributed by atoms with E-state index in [1.165, 1.54) is 0 Å². The van der Waals surface area contributed by atoms with Crippen LogP contribution in [0.5, 0.6) is 0 Å². The molecule has 0 rings (SSSR count). The Morgan fingerprint density at radius 1 is 1.43 bits per heavy atom. The van der Waals surface area contributed by atoms with Crippen LogP contribution in [0.3, 0.4) is 0 Å². The maximum Gasteiger partial charge on any atom is 0.0700 e. The van der Waals surface area contributed by atoms with E-state index in [4.69, 9.17) is 6.42 Å². The van der Waals surface area contributed by atoms with Crippen molar-refractivity contribution in [1.82, 2.24) is 0 Å². The van der Waals surface area contributed by atoms with Gasteiger partial charge < -0.3 is 0 Å². The number of hydrogen-bond acceptors (Lipinski definition) is 0. The summed E-state index contributed by atoms with van der Waals surface area (Å²) in [5.74, 6) is 8.06. The topological polar surface area (TPSA) is 0 Å². The van der Waals surface area contributed by atoms with Crippen LogP contribution in [-0.2, 0) is 0 Å². The van der Waals surface area contributed by atoms with Gasteiger partial charge in [-0.3, -0.25) is 0 Å². The summed E-state index contributed by atoms with van der Waals surface area (Å²) < 4.78 is 0.874. The fourth-order valence-electron chi connectivity index (χ4n) is 0.161. The SMILES string of the molecule is C#CCC#CCI. The van der Waals surface area contributed by atoms with Crippen molar-refractivity contribution in [3.8, 4) is 24.2 Å². The molecule has 0 aromatic rings. The first kappa shape index (κ1) is 6.85. The highest BCUT2D eigenvalue weighted by Gasteiger charge is 1.60. The highest BCUT2D eigenvalue weighted by atomic mass is 127. The fraction of sp³-hybridized carbons (Fsp3) is 0.333. The van der Waals surface area contributed by atoms with E-state index < -0.39 is 0 Å². The molecule has 0 heterocycles. The second kappa shape index (κ2) is 5.85. The molecule has 0 saturated carbocycles. The number of terminal acetylenes is 1. The minimum absolute atomic E-state index is 0.586. The van der Waals surface area contributed by atoms with E-state index in [0.29, 0.717) is 6.42 Å². The van der Waals surface area contributed by atoms with Gasteiger partial charge in [0.2, 0.25) is 0 Å². The predicted molar refractivity (Wildman–Crippen MR) is 40.1 cm³/mol. The molecule has 0 aliphatic rings. The normalized spacial score (nSPS) is 5.71. The van der Waals surface area contributed by atoms with E-state index in [1.54, 1.807) is 0 Å². The van der Waals surface area contributed by atoms with Crippen LogP contribution in [0.2, 0.25) is 0 Å². The summed E-state index contributed by atoms with van der Waals surface area (Å²) in [5, 5.41) is 0. The van der Waals surface area contributed by atoms with Crippen molar-refractivity contribution in [2.75, 3.05) is 4.43 Å². The van der Waals surface area contributed by atoms with Crippen LogP contribution >= 0.6 is 22.6 Å². The molecule has 0 spiro atoms. The molecule has 0 amide bonds. The molecule has 0 aliphatic carbocycles. The lowest BCUT2D eigenvalue weighted by Gasteiger charge is -1.65. The van der Waals surface area contributed by atoms with E-state index in [9.17, 15) is 0 Å². The van der Waals surface area contributed by atoms with Gasteiger partial charge in [0.15, 0.2) is 0 Å². The number of alkyl halides is 1. The lowest BCUT2D eigenvalue weighted by atomic mass is 10.4. The van der Waals surface area contributed by atoms with Gasteiger partial charge in [0, 0.05) is 0 Å². The Bertz CT molecular complexity index is 119. The molecule has 7 heavy (non-hydrogen) atoms. The number of hydrogen-bond donors (Lipinski definition) is 0. The van der Waals surface area contributed by atoms with Gasteiger partial charge in [0.05, 0.1) is 10.8 Å². The van der Waals surface area contributed by atoms with Crippen molar-refractivity contribution in [2.45, 2.75) is 6.42 Å². The lowest BCUT2D eigenvalue weighted by Crippen LogP contribution is -1.58. The minimum atomic E-state index is 0.586. The minimum Gasteiger partial charge on any atom is -0.119 e. The third kappa shape index (κ3) is 5.85. The summed E-state index contributed by atoms with van der Waals surface area (Å²) in [7, 11) is 0. The average molecular weight is 204 g/mol. The Morgan fingerprint density at radius 2 is 2.14 bits per heavy atom. The van der Waals surface area contributed by atoms with Crippen molar-refractivity contribution in [3.63, 3.8) is 0 Å². The third-order valence-corrected chi connectivity index (χ3v) is 0.764. The van der Waals surface area contributed by atoms with Crippen LogP contribution in [0.4, 0.5) is 0 Å². The van der Waals surface area contributed by atoms with Crippen LogP contribution in [-0.4, -0.2) is 4.43 Å². The second-order valence-electron chi connectivity index (χ2n) is 0.868. The van der Waals surface area contributed by atoms with Crippen LogP contribution in [0, 0.1) is 24.2 Å². The van der Waals surface area contributed by atoms with Crippen LogP contribution in [0.15, 0.2) is 0 Å². The Morgan fingerprint density at radius 3 is 2.57 bits per heavy atom. The lowest BCUT2D eigenvalue weighted by molar-refractivity contribution is 1.57. The largest absolute Gasteiger partial charge is 0.119 e. The van der Waals surface area contributed by atoms with E-state index >= 15 is 0 Å². The van der Waals surface area contributed by atoms with E-state index in [2.05, 4.69) is 40.4 Å². The number of rotatable bonds is 0.